The number of methoxy groups -OCH3 is 2. The van der Waals surface area contributed by atoms with Crippen molar-refractivity contribution in [2.24, 2.45) is 5.73 Å². The first-order valence-electron chi connectivity index (χ1n) is 7.91. The molecular weight excluding hydrogens is 316 g/mol. The van der Waals surface area contributed by atoms with Gasteiger partial charge in [0.1, 0.15) is 16.4 Å². The van der Waals surface area contributed by atoms with Gasteiger partial charge in [0, 0.05) is 18.2 Å². The Labute approximate surface area is 138 Å². The van der Waals surface area contributed by atoms with Gasteiger partial charge in [-0.25, -0.2) is 13.1 Å². The molecule has 0 heterocycles. The minimum absolute atomic E-state index is 0.0663. The van der Waals surface area contributed by atoms with Crippen LogP contribution in [-0.4, -0.2) is 34.7 Å². The Morgan fingerprint density at radius 2 is 1.78 bits per heavy atom. The van der Waals surface area contributed by atoms with Crippen molar-refractivity contribution in [1.29, 1.82) is 0 Å². The Morgan fingerprint density at radius 3 is 2.35 bits per heavy atom. The summed E-state index contributed by atoms with van der Waals surface area (Å²) in [5.41, 5.74) is 5.91. The summed E-state index contributed by atoms with van der Waals surface area (Å²) in [4.78, 5) is 0.0663. The monoisotopic (exact) mass is 342 g/mol. The summed E-state index contributed by atoms with van der Waals surface area (Å²) in [7, 11) is -0.787. The maximum Gasteiger partial charge on any atom is 0.244 e. The number of ether oxygens (including phenoxy) is 2. The Bertz CT molecular complexity index is 623. The SMILES string of the molecule is COc1ccc(OC)c(S(=O)(=O)NCC2(N)CCCCCC2)c1. The highest BCUT2D eigenvalue weighted by molar-refractivity contribution is 7.89. The molecule has 1 aliphatic rings. The largest absolute Gasteiger partial charge is 0.497 e. The van der Waals surface area contributed by atoms with Gasteiger partial charge in [-0.1, -0.05) is 25.7 Å². The first kappa shape index (κ1) is 18.0. The number of hydrogen-bond acceptors (Lipinski definition) is 5. The van der Waals surface area contributed by atoms with Crippen LogP contribution in [0.25, 0.3) is 0 Å². The third-order valence-corrected chi connectivity index (χ3v) is 5.80. The van der Waals surface area contributed by atoms with Crippen molar-refractivity contribution in [3.8, 4) is 11.5 Å². The zero-order chi connectivity index (χ0) is 16.9. The Morgan fingerprint density at radius 1 is 1.13 bits per heavy atom. The van der Waals surface area contributed by atoms with Crippen molar-refractivity contribution in [1.82, 2.24) is 4.72 Å². The number of hydrogen-bond donors (Lipinski definition) is 2. The van der Waals surface area contributed by atoms with Crippen molar-refractivity contribution >= 4 is 10.0 Å². The lowest BCUT2D eigenvalue weighted by molar-refractivity contribution is 0.367. The van der Waals surface area contributed by atoms with Crippen LogP contribution in [0.4, 0.5) is 0 Å². The summed E-state index contributed by atoms with van der Waals surface area (Å²) in [5.74, 6) is 0.744. The van der Waals surface area contributed by atoms with E-state index < -0.39 is 15.6 Å². The molecule has 130 valence electrons. The number of nitrogens with one attached hydrogen (secondary N) is 1. The van der Waals surface area contributed by atoms with Crippen molar-refractivity contribution in [3.63, 3.8) is 0 Å². The maximum atomic E-state index is 12.6. The van der Waals surface area contributed by atoms with Gasteiger partial charge in [-0.05, 0) is 25.0 Å². The van der Waals surface area contributed by atoms with Crippen LogP contribution in [0.2, 0.25) is 0 Å². The van der Waals surface area contributed by atoms with Gasteiger partial charge < -0.3 is 15.2 Å². The van der Waals surface area contributed by atoms with Crippen molar-refractivity contribution in [3.05, 3.63) is 18.2 Å². The molecule has 0 aliphatic heterocycles. The minimum Gasteiger partial charge on any atom is -0.497 e. The van der Waals surface area contributed by atoms with Gasteiger partial charge in [0.2, 0.25) is 10.0 Å². The van der Waals surface area contributed by atoms with E-state index in [9.17, 15) is 8.42 Å². The zero-order valence-corrected chi connectivity index (χ0v) is 14.6. The number of rotatable bonds is 6. The molecule has 6 nitrogen and oxygen atoms in total. The minimum atomic E-state index is -3.72. The average molecular weight is 342 g/mol. The predicted molar refractivity (Wildman–Crippen MR) is 89.4 cm³/mol. The first-order valence-corrected chi connectivity index (χ1v) is 9.39. The molecule has 0 unspecified atom stereocenters. The van der Waals surface area contributed by atoms with Gasteiger partial charge in [0.05, 0.1) is 14.2 Å². The Balaban J connectivity index is 2.18. The van der Waals surface area contributed by atoms with E-state index in [2.05, 4.69) is 4.72 Å². The molecule has 3 N–H and O–H groups in total. The van der Waals surface area contributed by atoms with Crippen LogP contribution in [0.15, 0.2) is 23.1 Å². The van der Waals surface area contributed by atoms with E-state index in [-0.39, 0.29) is 17.2 Å². The fourth-order valence-electron chi connectivity index (χ4n) is 2.92. The molecule has 0 spiro atoms. The quantitative estimate of drug-likeness (QED) is 0.772. The molecule has 0 atom stereocenters. The maximum absolute atomic E-state index is 12.6. The standard InChI is InChI=1S/C16H26N2O4S/c1-21-13-7-8-14(22-2)15(11-13)23(19,20)18-12-16(17)9-5-3-4-6-10-16/h7-8,11,18H,3-6,9-10,12,17H2,1-2H3. The third-order valence-electron chi connectivity index (χ3n) is 4.37. The normalized spacial score (nSPS) is 18.2. The third kappa shape index (κ3) is 4.59. The second kappa shape index (κ2) is 7.51. The van der Waals surface area contributed by atoms with Crippen LogP contribution in [0, 0.1) is 0 Å². The van der Waals surface area contributed by atoms with Crippen molar-refractivity contribution < 1.29 is 17.9 Å². The fourth-order valence-corrected chi connectivity index (χ4v) is 4.24. The predicted octanol–water partition coefficient (Wildman–Crippen LogP) is 2.03. The summed E-state index contributed by atoms with van der Waals surface area (Å²) >= 11 is 0. The number of benzene rings is 1. The molecule has 2 rings (SSSR count). The van der Waals surface area contributed by atoms with Crippen molar-refractivity contribution in [2.45, 2.75) is 49.0 Å². The highest BCUT2D eigenvalue weighted by atomic mass is 32.2. The molecule has 0 bridgehead atoms. The zero-order valence-electron chi connectivity index (χ0n) is 13.8. The fraction of sp³-hybridized carbons (Fsp3) is 0.625. The van der Waals surface area contributed by atoms with Gasteiger partial charge in [-0.15, -0.1) is 0 Å². The van der Waals surface area contributed by atoms with Crippen LogP contribution >= 0.6 is 0 Å². The van der Waals surface area contributed by atoms with Gasteiger partial charge in [0.25, 0.3) is 0 Å². The van der Waals surface area contributed by atoms with Gasteiger partial charge in [-0.3, -0.25) is 0 Å². The van der Waals surface area contributed by atoms with Crippen LogP contribution in [-0.2, 0) is 10.0 Å². The van der Waals surface area contributed by atoms with Gasteiger partial charge >= 0.3 is 0 Å². The van der Waals surface area contributed by atoms with E-state index in [4.69, 9.17) is 15.2 Å². The Hall–Kier alpha value is -1.31. The summed E-state index contributed by atoms with van der Waals surface area (Å²) in [6.45, 7) is 0.232. The van der Waals surface area contributed by atoms with E-state index in [0.717, 1.165) is 38.5 Å². The lowest BCUT2D eigenvalue weighted by atomic mass is 9.92. The molecule has 0 amide bonds. The van der Waals surface area contributed by atoms with E-state index in [1.807, 2.05) is 0 Å². The van der Waals surface area contributed by atoms with E-state index in [1.165, 1.54) is 20.3 Å². The lowest BCUT2D eigenvalue weighted by Crippen LogP contribution is -2.49. The highest BCUT2D eigenvalue weighted by Gasteiger charge is 2.29. The highest BCUT2D eigenvalue weighted by Crippen LogP contribution is 2.29. The van der Waals surface area contributed by atoms with Crippen LogP contribution in [0.3, 0.4) is 0 Å². The van der Waals surface area contributed by atoms with Crippen LogP contribution in [0.1, 0.15) is 38.5 Å². The number of sulfonamides is 1. The molecule has 0 radical (unpaired) electrons. The smallest absolute Gasteiger partial charge is 0.244 e. The summed E-state index contributed by atoms with van der Waals surface area (Å²) in [5, 5.41) is 0. The molecule has 7 heteroatoms. The summed E-state index contributed by atoms with van der Waals surface area (Å²) < 4.78 is 38.2. The molecule has 0 saturated heterocycles. The molecule has 1 aliphatic carbocycles. The molecule has 23 heavy (non-hydrogen) atoms. The molecule has 1 fully saturated rings. The van der Waals surface area contributed by atoms with Gasteiger partial charge in [0.15, 0.2) is 0 Å². The van der Waals surface area contributed by atoms with E-state index in [1.54, 1.807) is 12.1 Å². The average Bonchev–Trinajstić information content (AvgIpc) is 2.78. The summed E-state index contributed by atoms with van der Waals surface area (Å²) in [6.07, 6.45) is 6.09. The molecule has 1 saturated carbocycles. The van der Waals surface area contributed by atoms with E-state index in [0.29, 0.717) is 5.75 Å². The second-order valence-corrected chi connectivity index (χ2v) is 7.85. The molecule has 0 aromatic heterocycles. The van der Waals surface area contributed by atoms with Crippen LogP contribution in [0.5, 0.6) is 11.5 Å². The second-order valence-electron chi connectivity index (χ2n) is 6.12. The van der Waals surface area contributed by atoms with Crippen molar-refractivity contribution in [2.75, 3.05) is 20.8 Å². The van der Waals surface area contributed by atoms with Crippen LogP contribution < -0.4 is 19.9 Å². The van der Waals surface area contributed by atoms with Gasteiger partial charge in [-0.2, -0.15) is 0 Å². The van der Waals surface area contributed by atoms with E-state index >= 15 is 0 Å². The lowest BCUT2D eigenvalue weighted by Gasteiger charge is -2.28. The molecule has 1 aromatic carbocycles. The molecule has 1 aromatic rings. The summed E-state index contributed by atoms with van der Waals surface area (Å²) in [6, 6.07) is 4.70. The topological polar surface area (TPSA) is 90.6 Å². The first-order chi connectivity index (χ1) is 10.9. The Kier molecular flexibility index (Phi) is 5.89. The molecular formula is C16H26N2O4S. The number of nitrogens with two attached hydrogens (primary N) is 1.